The molecule has 1 aromatic carbocycles. The van der Waals surface area contributed by atoms with Crippen LogP contribution in [0.5, 0.6) is 11.5 Å². The van der Waals surface area contributed by atoms with Gasteiger partial charge in [-0.25, -0.2) is 0 Å². The van der Waals surface area contributed by atoms with Crippen LogP contribution in [0.1, 0.15) is 5.56 Å². The molecule has 18 heavy (non-hydrogen) atoms. The van der Waals surface area contributed by atoms with Crippen molar-refractivity contribution in [3.8, 4) is 11.5 Å². The fourth-order valence-electron chi connectivity index (χ4n) is 1.73. The second-order valence-corrected chi connectivity index (χ2v) is 4.12. The van der Waals surface area contributed by atoms with Crippen LogP contribution in [0.4, 0.5) is 0 Å². The van der Waals surface area contributed by atoms with E-state index in [1.54, 1.807) is 14.2 Å². The third-order valence-electron chi connectivity index (χ3n) is 2.92. The molecule has 0 aliphatic rings. The number of benzene rings is 1. The monoisotopic (exact) mass is 255 g/mol. The van der Waals surface area contributed by atoms with Gasteiger partial charge in [-0.1, -0.05) is 6.07 Å². The van der Waals surface area contributed by atoms with E-state index in [1.165, 1.54) is 0 Å². The van der Waals surface area contributed by atoms with Crippen LogP contribution in [0.15, 0.2) is 18.2 Å². The molecule has 0 saturated heterocycles. The number of aliphatic hydroxyl groups excluding tert-OH is 2. The van der Waals surface area contributed by atoms with E-state index in [2.05, 4.69) is 0 Å². The zero-order valence-corrected chi connectivity index (χ0v) is 11.1. The topological polar surface area (TPSA) is 62.2 Å². The zero-order chi connectivity index (χ0) is 13.5. The number of methoxy groups -OCH3 is 2. The van der Waals surface area contributed by atoms with Gasteiger partial charge in [-0.15, -0.1) is 0 Å². The molecule has 102 valence electrons. The van der Waals surface area contributed by atoms with Crippen LogP contribution >= 0.6 is 0 Å². The van der Waals surface area contributed by atoms with Crippen LogP contribution in [0.2, 0.25) is 0 Å². The molecule has 1 rings (SSSR count). The number of ether oxygens (including phenoxy) is 2. The van der Waals surface area contributed by atoms with Gasteiger partial charge in [0, 0.05) is 6.54 Å². The lowest BCUT2D eigenvalue weighted by molar-refractivity contribution is 0.0873. The first-order chi connectivity index (χ1) is 8.65. The van der Waals surface area contributed by atoms with Gasteiger partial charge in [0.1, 0.15) is 0 Å². The Labute approximate surface area is 108 Å². The van der Waals surface area contributed by atoms with Crippen LogP contribution in [0.25, 0.3) is 0 Å². The van der Waals surface area contributed by atoms with E-state index in [9.17, 15) is 0 Å². The van der Waals surface area contributed by atoms with Gasteiger partial charge in [0.15, 0.2) is 11.5 Å². The quantitative estimate of drug-likeness (QED) is 0.742. The Morgan fingerprint density at radius 3 is 2.22 bits per heavy atom. The summed E-state index contributed by atoms with van der Waals surface area (Å²) in [5, 5.41) is 18.2. The summed E-state index contributed by atoms with van der Waals surface area (Å²) in [4.78, 5) is 1.89. The lowest BCUT2D eigenvalue weighted by Gasteiger charge is -2.24. The number of likely N-dealkylation sites (N-methyl/N-ethyl adjacent to an activating group) is 1. The van der Waals surface area contributed by atoms with Gasteiger partial charge in [0.25, 0.3) is 0 Å². The summed E-state index contributed by atoms with van der Waals surface area (Å²) in [6, 6.07) is 5.41. The Morgan fingerprint density at radius 2 is 1.72 bits per heavy atom. The molecule has 0 aliphatic carbocycles. The molecular weight excluding hydrogens is 234 g/mol. The van der Waals surface area contributed by atoms with Crippen molar-refractivity contribution in [3.63, 3.8) is 0 Å². The highest BCUT2D eigenvalue weighted by Gasteiger charge is 2.13. The van der Waals surface area contributed by atoms with Crippen molar-refractivity contribution in [3.05, 3.63) is 23.8 Å². The van der Waals surface area contributed by atoms with E-state index >= 15 is 0 Å². The van der Waals surface area contributed by atoms with Gasteiger partial charge in [-0.05, 0) is 24.7 Å². The van der Waals surface area contributed by atoms with Crippen molar-refractivity contribution in [2.24, 2.45) is 0 Å². The normalized spacial score (nSPS) is 11.1. The second-order valence-electron chi connectivity index (χ2n) is 4.12. The minimum atomic E-state index is -0.252. The first-order valence-electron chi connectivity index (χ1n) is 5.79. The highest BCUT2D eigenvalue weighted by Crippen LogP contribution is 2.28. The number of hydrogen-bond donors (Lipinski definition) is 2. The zero-order valence-electron chi connectivity index (χ0n) is 11.1. The fourth-order valence-corrected chi connectivity index (χ4v) is 1.73. The fraction of sp³-hybridized carbons (Fsp3) is 0.538. The van der Waals surface area contributed by atoms with Gasteiger partial charge in [-0.3, -0.25) is 4.90 Å². The predicted octanol–water partition coefficient (Wildman–Crippen LogP) is 0.489. The third-order valence-corrected chi connectivity index (χ3v) is 2.92. The lowest BCUT2D eigenvalue weighted by atomic mass is 10.1. The van der Waals surface area contributed by atoms with Gasteiger partial charge < -0.3 is 19.7 Å². The molecular formula is C13H21NO4. The first-order valence-corrected chi connectivity index (χ1v) is 5.79. The van der Waals surface area contributed by atoms with Crippen LogP contribution in [-0.4, -0.2) is 55.6 Å². The van der Waals surface area contributed by atoms with Crippen molar-refractivity contribution in [2.75, 3.05) is 34.5 Å². The average molecular weight is 255 g/mol. The second kappa shape index (κ2) is 7.20. The number of aliphatic hydroxyl groups is 2. The summed E-state index contributed by atoms with van der Waals surface area (Å²) in [6.45, 7) is 0.479. The van der Waals surface area contributed by atoms with Gasteiger partial charge in [-0.2, -0.15) is 0 Å². The Morgan fingerprint density at radius 1 is 1.11 bits per heavy atom. The molecule has 0 aromatic heterocycles. The van der Waals surface area contributed by atoms with Crippen molar-refractivity contribution in [2.45, 2.75) is 12.6 Å². The van der Waals surface area contributed by atoms with Crippen molar-refractivity contribution >= 4 is 0 Å². The SMILES string of the molecule is COc1ccc(CN(C)C(CO)CO)cc1OC. The van der Waals surface area contributed by atoms with E-state index in [1.807, 2.05) is 30.1 Å². The molecule has 0 atom stereocenters. The summed E-state index contributed by atoms with van der Waals surface area (Å²) in [6.07, 6.45) is 0. The van der Waals surface area contributed by atoms with Gasteiger partial charge >= 0.3 is 0 Å². The Balaban J connectivity index is 2.78. The Kier molecular flexibility index (Phi) is 5.91. The van der Waals surface area contributed by atoms with E-state index in [0.29, 0.717) is 18.0 Å². The molecule has 0 radical (unpaired) electrons. The maximum Gasteiger partial charge on any atom is 0.161 e. The van der Waals surface area contributed by atoms with Gasteiger partial charge in [0.2, 0.25) is 0 Å². The number of hydrogen-bond acceptors (Lipinski definition) is 5. The Bertz CT molecular complexity index is 366. The molecule has 0 aliphatic heterocycles. The molecule has 0 spiro atoms. The average Bonchev–Trinajstić information content (AvgIpc) is 2.40. The van der Waals surface area contributed by atoms with E-state index in [0.717, 1.165) is 5.56 Å². The van der Waals surface area contributed by atoms with E-state index in [4.69, 9.17) is 19.7 Å². The van der Waals surface area contributed by atoms with Crippen LogP contribution in [0, 0.1) is 0 Å². The minimum Gasteiger partial charge on any atom is -0.493 e. The summed E-state index contributed by atoms with van der Waals surface area (Å²) in [7, 11) is 5.04. The standard InChI is InChI=1S/C13H21NO4/c1-14(11(8-15)9-16)7-10-4-5-12(17-2)13(6-10)18-3/h4-6,11,15-16H,7-9H2,1-3H3. The summed E-state index contributed by atoms with van der Waals surface area (Å²) in [5.74, 6) is 1.36. The third kappa shape index (κ3) is 3.60. The van der Waals surface area contributed by atoms with Gasteiger partial charge in [0.05, 0.1) is 33.5 Å². The predicted molar refractivity (Wildman–Crippen MR) is 69.0 cm³/mol. The lowest BCUT2D eigenvalue weighted by Crippen LogP contribution is -2.37. The molecule has 0 heterocycles. The van der Waals surface area contributed by atoms with Crippen LogP contribution in [-0.2, 0) is 6.54 Å². The summed E-state index contributed by atoms with van der Waals surface area (Å²) in [5.41, 5.74) is 1.03. The maximum absolute atomic E-state index is 9.11. The molecule has 0 fully saturated rings. The first kappa shape index (κ1) is 14.8. The van der Waals surface area contributed by atoms with Crippen LogP contribution in [0.3, 0.4) is 0 Å². The molecule has 5 nitrogen and oxygen atoms in total. The highest BCUT2D eigenvalue weighted by atomic mass is 16.5. The molecule has 5 heteroatoms. The maximum atomic E-state index is 9.11. The molecule has 0 amide bonds. The van der Waals surface area contributed by atoms with Crippen molar-refractivity contribution in [1.29, 1.82) is 0 Å². The summed E-state index contributed by atoms with van der Waals surface area (Å²) >= 11 is 0. The van der Waals surface area contributed by atoms with E-state index < -0.39 is 0 Å². The van der Waals surface area contributed by atoms with Crippen molar-refractivity contribution < 1.29 is 19.7 Å². The van der Waals surface area contributed by atoms with Crippen molar-refractivity contribution in [1.82, 2.24) is 4.90 Å². The van der Waals surface area contributed by atoms with E-state index in [-0.39, 0.29) is 19.3 Å². The molecule has 1 aromatic rings. The number of rotatable bonds is 7. The Hall–Kier alpha value is -1.30. The summed E-state index contributed by atoms with van der Waals surface area (Å²) < 4.78 is 10.4. The molecule has 0 saturated carbocycles. The molecule has 0 unspecified atom stereocenters. The smallest absolute Gasteiger partial charge is 0.161 e. The largest absolute Gasteiger partial charge is 0.493 e. The number of nitrogens with zero attached hydrogens (tertiary/aromatic N) is 1. The highest BCUT2D eigenvalue weighted by molar-refractivity contribution is 5.42. The van der Waals surface area contributed by atoms with Crippen LogP contribution < -0.4 is 9.47 Å². The molecule has 2 N–H and O–H groups in total. The minimum absolute atomic E-state index is 0.0692. The molecule has 0 bridgehead atoms.